The number of nitriles is 2. The van der Waals surface area contributed by atoms with Gasteiger partial charge in [0.05, 0.1) is 34.7 Å². The van der Waals surface area contributed by atoms with E-state index in [1.807, 2.05) is 6.07 Å². The Morgan fingerprint density at radius 2 is 1.84 bits per heavy atom. The van der Waals surface area contributed by atoms with Crippen molar-refractivity contribution in [2.75, 3.05) is 17.7 Å². The number of ether oxygens (including phenoxy) is 1. The van der Waals surface area contributed by atoms with E-state index in [1.54, 1.807) is 0 Å². The van der Waals surface area contributed by atoms with Crippen molar-refractivity contribution < 1.29 is 19.1 Å². The van der Waals surface area contributed by atoms with Crippen LogP contribution >= 0.6 is 11.8 Å². The van der Waals surface area contributed by atoms with Gasteiger partial charge >= 0.3 is 5.97 Å². The maximum atomic E-state index is 13.0. The third-order valence-corrected chi connectivity index (χ3v) is 6.52. The minimum atomic E-state index is -0.790. The van der Waals surface area contributed by atoms with Gasteiger partial charge in [0.2, 0.25) is 11.8 Å². The van der Waals surface area contributed by atoms with Crippen LogP contribution in [0.3, 0.4) is 0 Å². The van der Waals surface area contributed by atoms with Gasteiger partial charge in [-0.3, -0.25) is 9.59 Å². The Morgan fingerprint density at radius 3 is 2.41 bits per heavy atom. The van der Waals surface area contributed by atoms with Crippen LogP contribution in [0, 0.1) is 22.7 Å². The predicted molar refractivity (Wildman–Crippen MR) is 115 cm³/mol. The summed E-state index contributed by atoms with van der Waals surface area (Å²) in [4.78, 5) is 42.5. The first kappa shape index (κ1) is 21.3. The fourth-order valence-corrected chi connectivity index (χ4v) is 4.78. The molecule has 2 aromatic rings. The number of nitrogen functional groups attached to an aromatic ring is 1. The molecule has 160 valence electrons. The predicted octanol–water partition coefficient (Wildman–Crippen LogP) is 2.50. The fraction of sp³-hybridized carbons (Fsp3) is 0.273. The van der Waals surface area contributed by atoms with Crippen LogP contribution in [-0.4, -0.2) is 35.1 Å². The zero-order valence-corrected chi connectivity index (χ0v) is 17.8. The van der Waals surface area contributed by atoms with Crippen LogP contribution in [0.25, 0.3) is 0 Å². The molecule has 1 atom stereocenters. The third-order valence-electron chi connectivity index (χ3n) is 5.35. The molecule has 0 radical (unpaired) electrons. The Bertz CT molecular complexity index is 1220. The average molecular weight is 447 g/mol. The van der Waals surface area contributed by atoms with Crippen molar-refractivity contribution >= 4 is 41.1 Å². The normalized spacial score (nSPS) is 17.7. The SMILES string of the molecule is COC(=O)c1ccc(N2C(=O)CC(Sc3nc(N)c(C#N)c(C4CC4)c3C#N)C2=O)cc1. The van der Waals surface area contributed by atoms with E-state index in [1.165, 1.54) is 31.4 Å². The molecule has 1 saturated heterocycles. The molecule has 1 aromatic carbocycles. The van der Waals surface area contributed by atoms with Crippen LogP contribution in [0.1, 0.15) is 52.2 Å². The second-order valence-electron chi connectivity index (χ2n) is 7.38. The summed E-state index contributed by atoms with van der Waals surface area (Å²) in [5, 5.41) is 18.7. The molecular formula is C22H17N5O4S. The average Bonchev–Trinajstić information content (AvgIpc) is 3.59. The van der Waals surface area contributed by atoms with E-state index in [4.69, 9.17) is 5.73 Å². The largest absolute Gasteiger partial charge is 0.465 e. The molecule has 9 nitrogen and oxygen atoms in total. The molecule has 1 unspecified atom stereocenters. The Kier molecular flexibility index (Phi) is 5.56. The number of aromatic nitrogens is 1. The lowest BCUT2D eigenvalue weighted by molar-refractivity contribution is -0.121. The number of nitrogens with zero attached hydrogens (tertiary/aromatic N) is 4. The van der Waals surface area contributed by atoms with E-state index in [0.29, 0.717) is 16.8 Å². The lowest BCUT2D eigenvalue weighted by Gasteiger charge is -2.16. The number of nitrogens with two attached hydrogens (primary N) is 1. The standard InChI is InChI=1S/C22H17N5O4S/c1-31-22(30)12-4-6-13(7-5-12)27-17(28)8-16(21(27)29)32-20-15(10-24)18(11-2-3-11)14(9-23)19(25)26-20/h4-7,11,16H,2-3,8H2,1H3,(H2,25,26). The number of carbonyl (C=O) groups is 3. The number of carbonyl (C=O) groups excluding carboxylic acids is 3. The molecular weight excluding hydrogens is 430 g/mol. The van der Waals surface area contributed by atoms with E-state index in [9.17, 15) is 24.9 Å². The zero-order valence-electron chi connectivity index (χ0n) is 17.0. The highest BCUT2D eigenvalue weighted by atomic mass is 32.2. The van der Waals surface area contributed by atoms with Gasteiger partial charge in [0.25, 0.3) is 0 Å². The van der Waals surface area contributed by atoms with E-state index in [-0.39, 0.29) is 34.3 Å². The number of benzene rings is 1. The van der Waals surface area contributed by atoms with Crippen LogP contribution in [0.5, 0.6) is 0 Å². The van der Waals surface area contributed by atoms with Crippen molar-refractivity contribution in [3.63, 3.8) is 0 Å². The number of methoxy groups -OCH3 is 1. The van der Waals surface area contributed by atoms with Crippen molar-refractivity contribution in [2.24, 2.45) is 0 Å². The van der Waals surface area contributed by atoms with Gasteiger partial charge in [-0.15, -0.1) is 0 Å². The van der Waals surface area contributed by atoms with Gasteiger partial charge in [-0.25, -0.2) is 14.7 Å². The summed E-state index contributed by atoms with van der Waals surface area (Å²) in [7, 11) is 1.26. The maximum Gasteiger partial charge on any atom is 0.337 e. The third kappa shape index (κ3) is 3.66. The van der Waals surface area contributed by atoms with E-state index >= 15 is 0 Å². The molecule has 10 heteroatoms. The highest BCUT2D eigenvalue weighted by molar-refractivity contribution is 8.00. The number of esters is 1. The minimum Gasteiger partial charge on any atom is -0.465 e. The molecule has 2 amide bonds. The van der Waals surface area contributed by atoms with Crippen LogP contribution in [0.2, 0.25) is 0 Å². The second-order valence-corrected chi connectivity index (χ2v) is 8.57. The van der Waals surface area contributed by atoms with Crippen LogP contribution in [0.15, 0.2) is 29.3 Å². The number of rotatable bonds is 5. The van der Waals surface area contributed by atoms with Crippen LogP contribution < -0.4 is 10.6 Å². The molecule has 1 saturated carbocycles. The number of amides is 2. The summed E-state index contributed by atoms with van der Waals surface area (Å²) < 4.78 is 4.65. The van der Waals surface area contributed by atoms with Gasteiger partial charge in [0.1, 0.15) is 23.0 Å². The summed E-state index contributed by atoms with van der Waals surface area (Å²) in [5.74, 6) is -1.28. The molecule has 4 rings (SSSR count). The maximum absolute atomic E-state index is 13.0. The first-order chi connectivity index (χ1) is 15.4. The molecule has 1 aliphatic heterocycles. The molecule has 0 spiro atoms. The molecule has 0 bridgehead atoms. The van der Waals surface area contributed by atoms with Crippen LogP contribution in [0.4, 0.5) is 11.5 Å². The van der Waals surface area contributed by atoms with Gasteiger partial charge in [-0.05, 0) is 48.6 Å². The highest BCUT2D eigenvalue weighted by Gasteiger charge is 2.42. The zero-order chi connectivity index (χ0) is 23.0. The Balaban J connectivity index is 1.63. The highest BCUT2D eigenvalue weighted by Crippen LogP contribution is 2.46. The first-order valence-electron chi connectivity index (χ1n) is 9.75. The number of pyridine rings is 1. The summed E-state index contributed by atoms with van der Waals surface area (Å²) in [6, 6.07) is 10.1. The molecule has 2 heterocycles. The van der Waals surface area contributed by atoms with E-state index < -0.39 is 23.0 Å². The molecule has 32 heavy (non-hydrogen) atoms. The molecule has 2 N–H and O–H groups in total. The van der Waals surface area contributed by atoms with Crippen molar-refractivity contribution in [2.45, 2.75) is 35.5 Å². The second kappa shape index (κ2) is 8.33. The molecule has 2 fully saturated rings. The van der Waals surface area contributed by atoms with Crippen molar-refractivity contribution in [3.8, 4) is 12.1 Å². The minimum absolute atomic E-state index is 0.0166. The lowest BCUT2D eigenvalue weighted by atomic mass is 10.0. The summed E-state index contributed by atoms with van der Waals surface area (Å²) in [6.07, 6.45) is 1.63. The van der Waals surface area contributed by atoms with E-state index in [0.717, 1.165) is 29.5 Å². The van der Waals surface area contributed by atoms with Crippen LogP contribution in [-0.2, 0) is 14.3 Å². The van der Waals surface area contributed by atoms with Crippen molar-refractivity contribution in [1.29, 1.82) is 10.5 Å². The Morgan fingerprint density at radius 1 is 1.19 bits per heavy atom. The number of anilines is 2. The smallest absolute Gasteiger partial charge is 0.337 e. The molecule has 1 aromatic heterocycles. The van der Waals surface area contributed by atoms with Gasteiger partial charge in [0.15, 0.2) is 0 Å². The number of thioether (sulfide) groups is 1. The Labute approximate surface area is 187 Å². The fourth-order valence-electron chi connectivity index (χ4n) is 3.66. The summed E-state index contributed by atoms with van der Waals surface area (Å²) in [6.45, 7) is 0. The quantitative estimate of drug-likeness (QED) is 0.538. The number of hydrogen-bond acceptors (Lipinski definition) is 9. The van der Waals surface area contributed by atoms with Crippen molar-refractivity contribution in [1.82, 2.24) is 4.98 Å². The lowest BCUT2D eigenvalue weighted by Crippen LogP contribution is -2.31. The summed E-state index contributed by atoms with van der Waals surface area (Å²) >= 11 is 1.01. The Hall–Kier alpha value is -3.89. The van der Waals surface area contributed by atoms with Gasteiger partial charge < -0.3 is 10.5 Å². The first-order valence-corrected chi connectivity index (χ1v) is 10.6. The van der Waals surface area contributed by atoms with Gasteiger partial charge in [-0.1, -0.05) is 11.8 Å². The van der Waals surface area contributed by atoms with E-state index in [2.05, 4.69) is 15.8 Å². The van der Waals surface area contributed by atoms with Gasteiger partial charge in [-0.2, -0.15) is 10.5 Å². The monoisotopic (exact) mass is 447 g/mol. The summed E-state index contributed by atoms with van der Waals surface area (Å²) in [5.41, 5.74) is 7.63. The molecule has 2 aliphatic rings. The number of imide groups is 1. The molecule has 1 aliphatic carbocycles. The number of hydrogen-bond donors (Lipinski definition) is 1. The van der Waals surface area contributed by atoms with Crippen molar-refractivity contribution in [3.05, 3.63) is 46.5 Å². The van der Waals surface area contributed by atoms with Gasteiger partial charge in [0, 0.05) is 6.42 Å². The topological polar surface area (TPSA) is 150 Å².